The molecular weight excluding hydrogens is 354 g/mol. The van der Waals surface area contributed by atoms with Crippen molar-refractivity contribution in [3.8, 4) is 5.75 Å². The Labute approximate surface area is 156 Å². The van der Waals surface area contributed by atoms with E-state index in [-0.39, 0.29) is 12.5 Å². The van der Waals surface area contributed by atoms with Crippen molar-refractivity contribution < 1.29 is 17.9 Å². The lowest BCUT2D eigenvalue weighted by molar-refractivity contribution is -0.132. The lowest BCUT2D eigenvalue weighted by atomic mass is 10.2. The highest BCUT2D eigenvalue weighted by molar-refractivity contribution is 7.92. The van der Waals surface area contributed by atoms with Crippen LogP contribution in [0.3, 0.4) is 0 Å². The monoisotopic (exact) mass is 383 g/mol. The largest absolute Gasteiger partial charge is 0.497 e. The van der Waals surface area contributed by atoms with Crippen molar-refractivity contribution >= 4 is 21.6 Å². The predicted octanol–water partition coefficient (Wildman–Crippen LogP) is 1.41. The van der Waals surface area contributed by atoms with E-state index in [9.17, 15) is 13.2 Å². The molecule has 0 radical (unpaired) electrons. The molecule has 1 saturated heterocycles. The van der Waals surface area contributed by atoms with Crippen LogP contribution in [-0.4, -0.2) is 76.8 Å². The molecule has 1 aromatic carbocycles. The zero-order chi connectivity index (χ0) is 19.2. The van der Waals surface area contributed by atoms with Crippen molar-refractivity contribution in [3.05, 3.63) is 24.3 Å². The molecule has 0 N–H and O–H groups in total. The lowest BCUT2D eigenvalue weighted by Crippen LogP contribution is -2.48. The molecule has 1 fully saturated rings. The third-order valence-corrected chi connectivity index (χ3v) is 5.88. The maximum atomic E-state index is 12.4. The summed E-state index contributed by atoms with van der Waals surface area (Å²) in [5, 5.41) is 0. The van der Waals surface area contributed by atoms with E-state index < -0.39 is 10.0 Å². The highest BCUT2D eigenvalue weighted by Crippen LogP contribution is 2.22. The first-order chi connectivity index (χ1) is 12.3. The smallest absolute Gasteiger partial charge is 0.232 e. The Kier molecular flexibility index (Phi) is 7.28. The summed E-state index contributed by atoms with van der Waals surface area (Å²) in [6.45, 7) is 6.73. The summed E-state index contributed by atoms with van der Waals surface area (Å²) in [5.74, 6) is 0.771. The molecule has 0 unspecified atom stereocenters. The Bertz CT molecular complexity index is 683. The minimum atomic E-state index is -3.41. The van der Waals surface area contributed by atoms with Crippen molar-refractivity contribution in [3.63, 3.8) is 0 Å². The van der Waals surface area contributed by atoms with E-state index in [0.717, 1.165) is 32.7 Å². The van der Waals surface area contributed by atoms with Crippen LogP contribution in [0.5, 0.6) is 5.75 Å². The van der Waals surface area contributed by atoms with Gasteiger partial charge in [-0.1, -0.05) is 6.92 Å². The molecule has 1 aliphatic rings. The normalized spacial score (nSPS) is 15.7. The van der Waals surface area contributed by atoms with Crippen LogP contribution in [0.1, 0.15) is 19.8 Å². The Hall–Kier alpha value is -1.80. The number of ether oxygens (including phenoxy) is 1. The van der Waals surface area contributed by atoms with Crippen molar-refractivity contribution in [2.45, 2.75) is 19.8 Å². The fourth-order valence-corrected chi connectivity index (χ4v) is 4.05. The Morgan fingerprint density at radius 3 is 2.27 bits per heavy atom. The number of likely N-dealkylation sites (N-methyl/N-ethyl adjacent to an activating group) is 1. The fraction of sp³-hybridized carbons (Fsp3) is 0.611. The minimum Gasteiger partial charge on any atom is -0.497 e. The summed E-state index contributed by atoms with van der Waals surface area (Å²) in [6.07, 6.45) is 2.03. The number of rotatable bonds is 8. The van der Waals surface area contributed by atoms with Crippen LogP contribution in [0.25, 0.3) is 0 Å². The maximum absolute atomic E-state index is 12.4. The third kappa shape index (κ3) is 5.60. The van der Waals surface area contributed by atoms with Crippen LogP contribution in [0.15, 0.2) is 24.3 Å². The summed E-state index contributed by atoms with van der Waals surface area (Å²) in [4.78, 5) is 16.6. The fourth-order valence-electron chi connectivity index (χ4n) is 3.08. The zero-order valence-corrected chi connectivity index (χ0v) is 16.7. The highest BCUT2D eigenvalue weighted by Gasteiger charge is 2.21. The van der Waals surface area contributed by atoms with Gasteiger partial charge in [-0.25, -0.2) is 8.42 Å². The molecule has 1 aromatic rings. The molecule has 1 amide bonds. The molecule has 0 aliphatic carbocycles. The number of piperazine rings is 1. The number of sulfonamides is 1. The number of carbonyl (C=O) groups excluding carboxylic acids is 1. The summed E-state index contributed by atoms with van der Waals surface area (Å²) in [5.41, 5.74) is 0.581. The highest BCUT2D eigenvalue weighted by atomic mass is 32.2. The zero-order valence-electron chi connectivity index (χ0n) is 15.8. The number of methoxy groups -OCH3 is 1. The van der Waals surface area contributed by atoms with Crippen molar-refractivity contribution in [2.75, 3.05) is 56.9 Å². The van der Waals surface area contributed by atoms with E-state index in [1.807, 2.05) is 4.90 Å². The summed E-state index contributed by atoms with van der Waals surface area (Å²) in [7, 11) is -1.85. The standard InChI is InChI=1S/C18H29N3O4S/c1-4-19-12-14-20(15-13-19)18(22)6-5-11-21(26(3,23)24)16-7-9-17(25-2)10-8-16/h7-10H,4-6,11-15H2,1-3H3. The van der Waals surface area contributed by atoms with Gasteiger partial charge in [-0.15, -0.1) is 0 Å². The SMILES string of the molecule is CCN1CCN(C(=O)CCCN(c2ccc(OC)cc2)S(C)(=O)=O)CC1. The second-order valence-corrected chi connectivity index (χ2v) is 8.36. The summed E-state index contributed by atoms with van der Waals surface area (Å²) >= 11 is 0. The number of benzene rings is 1. The van der Waals surface area contributed by atoms with Gasteiger partial charge in [0, 0.05) is 39.1 Å². The number of hydrogen-bond acceptors (Lipinski definition) is 5. The minimum absolute atomic E-state index is 0.101. The van der Waals surface area contributed by atoms with Gasteiger partial charge in [-0.3, -0.25) is 9.10 Å². The van der Waals surface area contributed by atoms with Crippen molar-refractivity contribution in [1.29, 1.82) is 0 Å². The van der Waals surface area contributed by atoms with Gasteiger partial charge in [0.2, 0.25) is 15.9 Å². The lowest BCUT2D eigenvalue weighted by Gasteiger charge is -2.34. The van der Waals surface area contributed by atoms with Gasteiger partial charge in [0.15, 0.2) is 0 Å². The van der Waals surface area contributed by atoms with Gasteiger partial charge in [0.1, 0.15) is 5.75 Å². The Morgan fingerprint density at radius 1 is 1.15 bits per heavy atom. The molecule has 26 heavy (non-hydrogen) atoms. The van der Waals surface area contributed by atoms with Crippen molar-refractivity contribution in [1.82, 2.24) is 9.80 Å². The molecule has 1 heterocycles. The van der Waals surface area contributed by atoms with Crippen LogP contribution < -0.4 is 9.04 Å². The van der Waals surface area contributed by atoms with E-state index in [1.165, 1.54) is 10.6 Å². The first-order valence-corrected chi connectivity index (χ1v) is 10.8. The van der Waals surface area contributed by atoms with Crippen molar-refractivity contribution in [2.24, 2.45) is 0 Å². The van der Waals surface area contributed by atoms with Crippen LogP contribution in [0.2, 0.25) is 0 Å². The van der Waals surface area contributed by atoms with Gasteiger partial charge < -0.3 is 14.5 Å². The topological polar surface area (TPSA) is 70.2 Å². The molecule has 1 aliphatic heterocycles. The molecule has 0 bridgehead atoms. The average Bonchev–Trinajstić information content (AvgIpc) is 2.64. The summed E-state index contributed by atoms with van der Waals surface area (Å²) in [6, 6.07) is 6.88. The van der Waals surface area contributed by atoms with E-state index in [2.05, 4.69) is 11.8 Å². The first-order valence-electron chi connectivity index (χ1n) is 8.97. The molecule has 0 saturated carbocycles. The number of carbonyl (C=O) groups is 1. The number of nitrogens with zero attached hydrogens (tertiary/aromatic N) is 3. The second-order valence-electron chi connectivity index (χ2n) is 6.45. The van der Waals surface area contributed by atoms with Gasteiger partial charge >= 0.3 is 0 Å². The van der Waals surface area contributed by atoms with E-state index >= 15 is 0 Å². The van der Waals surface area contributed by atoms with Gasteiger partial charge in [-0.2, -0.15) is 0 Å². The second kappa shape index (κ2) is 9.23. The van der Waals surface area contributed by atoms with E-state index in [0.29, 0.717) is 24.3 Å². The molecule has 7 nitrogen and oxygen atoms in total. The van der Waals surface area contributed by atoms with Gasteiger partial charge in [0.05, 0.1) is 19.1 Å². The average molecular weight is 384 g/mol. The van der Waals surface area contributed by atoms with Crippen LogP contribution >= 0.6 is 0 Å². The van der Waals surface area contributed by atoms with E-state index in [4.69, 9.17) is 4.74 Å². The quantitative estimate of drug-likeness (QED) is 0.679. The predicted molar refractivity (Wildman–Crippen MR) is 103 cm³/mol. The number of anilines is 1. The number of hydrogen-bond donors (Lipinski definition) is 0. The molecule has 146 valence electrons. The van der Waals surface area contributed by atoms with Crippen LogP contribution in [0.4, 0.5) is 5.69 Å². The van der Waals surface area contributed by atoms with Gasteiger partial charge in [-0.05, 0) is 37.2 Å². The Balaban J connectivity index is 1.90. The molecule has 0 spiro atoms. The third-order valence-electron chi connectivity index (χ3n) is 4.68. The maximum Gasteiger partial charge on any atom is 0.232 e. The Morgan fingerprint density at radius 2 is 1.77 bits per heavy atom. The first kappa shape index (κ1) is 20.5. The molecule has 0 atom stereocenters. The number of amides is 1. The van der Waals surface area contributed by atoms with Gasteiger partial charge in [0.25, 0.3) is 0 Å². The van der Waals surface area contributed by atoms with Crippen LogP contribution in [-0.2, 0) is 14.8 Å². The molecule has 8 heteroatoms. The van der Waals surface area contributed by atoms with Crippen LogP contribution in [0, 0.1) is 0 Å². The molecule has 2 rings (SSSR count). The summed E-state index contributed by atoms with van der Waals surface area (Å²) < 4.78 is 30.7. The molecule has 0 aromatic heterocycles. The molecular formula is C18H29N3O4S. The van der Waals surface area contributed by atoms with E-state index in [1.54, 1.807) is 31.4 Å².